The number of aromatic nitrogens is 2. The summed E-state index contributed by atoms with van der Waals surface area (Å²) in [4.78, 5) is 16.7. The Morgan fingerprint density at radius 3 is 2.79 bits per heavy atom. The van der Waals surface area contributed by atoms with Crippen LogP contribution in [0.25, 0.3) is 11.0 Å². The second-order valence-corrected chi connectivity index (χ2v) is 4.79. The molecule has 4 heteroatoms. The van der Waals surface area contributed by atoms with Crippen LogP contribution in [0.3, 0.4) is 0 Å². The van der Waals surface area contributed by atoms with Gasteiger partial charge in [0.2, 0.25) is 0 Å². The minimum Gasteiger partial charge on any atom is -0.307 e. The Morgan fingerprint density at radius 1 is 1.37 bits per heavy atom. The van der Waals surface area contributed by atoms with E-state index in [-0.39, 0.29) is 11.7 Å². The van der Waals surface area contributed by atoms with Crippen molar-refractivity contribution in [2.24, 2.45) is 0 Å². The molecule has 0 bridgehead atoms. The SMILES string of the molecule is C#CCC(CC)NC(C)c1ccc2[nH]c(=O)[nH]c2c1. The standard InChI is InChI=1S/C15H19N3O/c1-4-6-12(5-2)16-10(3)11-7-8-13-14(9-11)18-15(19)17-13/h1,7-10,12,16H,5-6H2,2-3H3,(H2,17,18,19). The molecule has 19 heavy (non-hydrogen) atoms. The number of terminal acetylenes is 1. The molecular formula is C15H19N3O. The number of hydrogen-bond acceptors (Lipinski definition) is 2. The van der Waals surface area contributed by atoms with E-state index in [1.165, 1.54) is 0 Å². The molecule has 3 N–H and O–H groups in total. The van der Waals surface area contributed by atoms with Gasteiger partial charge in [0.1, 0.15) is 0 Å². The first kappa shape index (κ1) is 13.4. The van der Waals surface area contributed by atoms with Gasteiger partial charge in [-0.05, 0) is 31.0 Å². The average Bonchev–Trinajstić information content (AvgIpc) is 2.76. The highest BCUT2D eigenvalue weighted by molar-refractivity contribution is 5.75. The van der Waals surface area contributed by atoms with E-state index in [0.29, 0.717) is 6.04 Å². The number of benzene rings is 1. The average molecular weight is 257 g/mol. The van der Waals surface area contributed by atoms with Gasteiger partial charge in [-0.1, -0.05) is 13.0 Å². The molecule has 0 amide bonds. The third kappa shape index (κ3) is 3.07. The predicted molar refractivity (Wildman–Crippen MR) is 78.0 cm³/mol. The summed E-state index contributed by atoms with van der Waals surface area (Å²) in [6, 6.07) is 6.45. The number of imidazole rings is 1. The molecule has 1 aromatic heterocycles. The molecule has 2 aromatic rings. The molecule has 2 rings (SSSR count). The van der Waals surface area contributed by atoms with Crippen LogP contribution in [-0.4, -0.2) is 16.0 Å². The second-order valence-electron chi connectivity index (χ2n) is 4.79. The van der Waals surface area contributed by atoms with Crippen molar-refractivity contribution in [1.29, 1.82) is 0 Å². The summed E-state index contributed by atoms with van der Waals surface area (Å²) in [6.07, 6.45) is 7.09. The summed E-state index contributed by atoms with van der Waals surface area (Å²) in [6.45, 7) is 4.22. The molecule has 2 atom stereocenters. The number of rotatable bonds is 5. The van der Waals surface area contributed by atoms with Crippen LogP contribution in [0.4, 0.5) is 0 Å². The van der Waals surface area contributed by atoms with E-state index in [1.807, 2.05) is 18.2 Å². The van der Waals surface area contributed by atoms with E-state index in [4.69, 9.17) is 6.42 Å². The van der Waals surface area contributed by atoms with Crippen molar-refractivity contribution in [1.82, 2.24) is 15.3 Å². The zero-order valence-electron chi connectivity index (χ0n) is 11.3. The molecule has 0 saturated carbocycles. The topological polar surface area (TPSA) is 60.7 Å². The molecule has 100 valence electrons. The lowest BCUT2D eigenvalue weighted by molar-refractivity contribution is 0.449. The molecule has 0 saturated heterocycles. The van der Waals surface area contributed by atoms with Gasteiger partial charge in [0.15, 0.2) is 0 Å². The van der Waals surface area contributed by atoms with Crippen LogP contribution in [-0.2, 0) is 0 Å². The molecule has 0 aliphatic rings. The van der Waals surface area contributed by atoms with Crippen LogP contribution < -0.4 is 11.0 Å². The number of fused-ring (bicyclic) bond motifs is 1. The normalized spacial score (nSPS) is 14.2. The number of H-pyrrole nitrogens is 2. The summed E-state index contributed by atoms with van der Waals surface area (Å²) >= 11 is 0. The van der Waals surface area contributed by atoms with Gasteiger partial charge in [-0.15, -0.1) is 12.3 Å². The van der Waals surface area contributed by atoms with Crippen molar-refractivity contribution in [2.45, 2.75) is 38.8 Å². The van der Waals surface area contributed by atoms with E-state index < -0.39 is 0 Å². The van der Waals surface area contributed by atoms with Crippen molar-refractivity contribution in [3.05, 3.63) is 34.2 Å². The Morgan fingerprint density at radius 2 is 2.11 bits per heavy atom. The van der Waals surface area contributed by atoms with Crippen molar-refractivity contribution in [3.8, 4) is 12.3 Å². The maximum absolute atomic E-state index is 11.2. The highest BCUT2D eigenvalue weighted by Gasteiger charge is 2.11. The Labute approximate surface area is 112 Å². The first-order valence-electron chi connectivity index (χ1n) is 6.55. The molecule has 0 aliphatic carbocycles. The van der Waals surface area contributed by atoms with E-state index in [2.05, 4.69) is 35.1 Å². The van der Waals surface area contributed by atoms with Crippen LogP contribution >= 0.6 is 0 Å². The van der Waals surface area contributed by atoms with Gasteiger partial charge < -0.3 is 15.3 Å². The van der Waals surface area contributed by atoms with Gasteiger partial charge in [0.05, 0.1) is 11.0 Å². The van der Waals surface area contributed by atoms with E-state index >= 15 is 0 Å². The largest absolute Gasteiger partial charge is 0.323 e. The van der Waals surface area contributed by atoms with Crippen LogP contribution in [0.1, 0.15) is 38.3 Å². The Hall–Kier alpha value is -1.99. The molecule has 0 radical (unpaired) electrons. The van der Waals surface area contributed by atoms with Gasteiger partial charge in [-0.2, -0.15) is 0 Å². The van der Waals surface area contributed by atoms with Gasteiger partial charge in [-0.3, -0.25) is 0 Å². The molecule has 2 unspecified atom stereocenters. The lowest BCUT2D eigenvalue weighted by Gasteiger charge is -2.21. The van der Waals surface area contributed by atoms with E-state index in [0.717, 1.165) is 29.4 Å². The molecule has 1 heterocycles. The molecular weight excluding hydrogens is 238 g/mol. The van der Waals surface area contributed by atoms with Crippen LogP contribution in [0.5, 0.6) is 0 Å². The highest BCUT2D eigenvalue weighted by atomic mass is 16.1. The molecule has 0 spiro atoms. The second kappa shape index (κ2) is 5.77. The summed E-state index contributed by atoms with van der Waals surface area (Å²) in [5.41, 5.74) is 2.63. The van der Waals surface area contributed by atoms with E-state index in [9.17, 15) is 4.79 Å². The predicted octanol–water partition coefficient (Wildman–Crippen LogP) is 2.31. The summed E-state index contributed by atoms with van der Waals surface area (Å²) in [5, 5.41) is 3.51. The fourth-order valence-electron chi connectivity index (χ4n) is 2.23. The molecule has 1 aromatic carbocycles. The summed E-state index contributed by atoms with van der Waals surface area (Å²) in [5.74, 6) is 2.69. The number of aromatic amines is 2. The van der Waals surface area contributed by atoms with Crippen molar-refractivity contribution >= 4 is 11.0 Å². The van der Waals surface area contributed by atoms with Gasteiger partial charge in [0, 0.05) is 18.5 Å². The van der Waals surface area contributed by atoms with Crippen LogP contribution in [0, 0.1) is 12.3 Å². The van der Waals surface area contributed by atoms with Crippen LogP contribution in [0.2, 0.25) is 0 Å². The zero-order chi connectivity index (χ0) is 13.8. The molecule has 4 nitrogen and oxygen atoms in total. The fourth-order valence-corrected chi connectivity index (χ4v) is 2.23. The number of nitrogens with one attached hydrogen (secondary N) is 3. The van der Waals surface area contributed by atoms with E-state index in [1.54, 1.807) is 0 Å². The molecule has 0 aliphatic heterocycles. The van der Waals surface area contributed by atoms with Gasteiger partial charge >= 0.3 is 5.69 Å². The first-order chi connectivity index (χ1) is 9.13. The van der Waals surface area contributed by atoms with Gasteiger partial charge in [0.25, 0.3) is 0 Å². The van der Waals surface area contributed by atoms with Crippen molar-refractivity contribution in [2.75, 3.05) is 0 Å². The number of hydrogen-bond donors (Lipinski definition) is 3. The minimum atomic E-state index is -0.175. The maximum Gasteiger partial charge on any atom is 0.323 e. The summed E-state index contributed by atoms with van der Waals surface area (Å²) in [7, 11) is 0. The van der Waals surface area contributed by atoms with Crippen LogP contribution in [0.15, 0.2) is 23.0 Å². The third-order valence-corrected chi connectivity index (χ3v) is 3.38. The zero-order valence-corrected chi connectivity index (χ0v) is 11.3. The summed E-state index contributed by atoms with van der Waals surface area (Å²) < 4.78 is 0. The maximum atomic E-state index is 11.2. The minimum absolute atomic E-state index is 0.175. The Balaban J connectivity index is 2.18. The van der Waals surface area contributed by atoms with Crippen molar-refractivity contribution in [3.63, 3.8) is 0 Å². The monoisotopic (exact) mass is 257 g/mol. The van der Waals surface area contributed by atoms with Crippen molar-refractivity contribution < 1.29 is 0 Å². The molecule has 0 fully saturated rings. The van der Waals surface area contributed by atoms with Gasteiger partial charge in [-0.25, -0.2) is 4.79 Å². The lowest BCUT2D eigenvalue weighted by atomic mass is 10.0. The first-order valence-corrected chi connectivity index (χ1v) is 6.55. The highest BCUT2D eigenvalue weighted by Crippen LogP contribution is 2.18. The third-order valence-electron chi connectivity index (χ3n) is 3.38. The lowest BCUT2D eigenvalue weighted by Crippen LogP contribution is -2.30. The quantitative estimate of drug-likeness (QED) is 0.720. The fraction of sp³-hybridized carbons (Fsp3) is 0.400. The Bertz CT molecular complexity index is 647. The Kier molecular flexibility index (Phi) is 4.08. The smallest absolute Gasteiger partial charge is 0.307 e.